The monoisotopic (exact) mass is 322 g/mol. The number of rotatable bonds is 4. The van der Waals surface area contributed by atoms with Gasteiger partial charge < -0.3 is 10.6 Å². The molecule has 1 aliphatic heterocycles. The number of carbonyl (C=O) groups is 1. The summed E-state index contributed by atoms with van der Waals surface area (Å²) >= 11 is 0. The number of halogens is 2. The number of aryl methyl sites for hydroxylation is 1. The van der Waals surface area contributed by atoms with Gasteiger partial charge in [-0.3, -0.25) is 4.79 Å². The highest BCUT2D eigenvalue weighted by atomic mass is 19.2. The second kappa shape index (κ2) is 6.56. The van der Waals surface area contributed by atoms with Crippen molar-refractivity contribution in [3.63, 3.8) is 0 Å². The zero-order valence-electron chi connectivity index (χ0n) is 13.4. The molecule has 5 heteroatoms. The molecule has 0 bridgehead atoms. The highest BCUT2D eigenvalue weighted by Gasteiger charge is 2.43. The maximum Gasteiger partial charge on any atom is 0.242 e. The number of piperidine rings is 1. The Hall–Kier alpha value is -1.49. The van der Waals surface area contributed by atoms with Gasteiger partial charge in [0.2, 0.25) is 5.91 Å². The van der Waals surface area contributed by atoms with E-state index in [-0.39, 0.29) is 5.91 Å². The number of nitrogens with zero attached hydrogens (tertiary/aromatic N) is 1. The van der Waals surface area contributed by atoms with Gasteiger partial charge in [0.1, 0.15) is 0 Å². The topological polar surface area (TPSA) is 46.3 Å². The third-order valence-electron chi connectivity index (χ3n) is 5.30. The summed E-state index contributed by atoms with van der Waals surface area (Å²) in [6, 6.07) is 4.08. The summed E-state index contributed by atoms with van der Waals surface area (Å²) in [5, 5.41) is 0. The van der Waals surface area contributed by atoms with E-state index in [0.29, 0.717) is 12.3 Å². The first-order chi connectivity index (χ1) is 11.0. The third-order valence-corrected chi connectivity index (χ3v) is 5.30. The van der Waals surface area contributed by atoms with Gasteiger partial charge in [-0.05, 0) is 68.6 Å². The summed E-state index contributed by atoms with van der Waals surface area (Å²) in [5.74, 6) is -1.10. The maximum absolute atomic E-state index is 13.2. The molecule has 2 fully saturated rings. The normalized spacial score (nSPS) is 23.4. The van der Waals surface area contributed by atoms with Crippen LogP contribution in [0.2, 0.25) is 0 Å². The van der Waals surface area contributed by atoms with E-state index in [9.17, 15) is 13.6 Å². The van der Waals surface area contributed by atoms with Crippen molar-refractivity contribution in [2.75, 3.05) is 13.1 Å². The minimum atomic E-state index is -0.808. The Morgan fingerprint density at radius 2 is 2.04 bits per heavy atom. The Labute approximate surface area is 135 Å². The molecule has 1 heterocycles. The molecule has 0 spiro atoms. The van der Waals surface area contributed by atoms with E-state index in [2.05, 4.69) is 0 Å². The molecule has 2 N–H and O–H groups in total. The van der Waals surface area contributed by atoms with Crippen LogP contribution < -0.4 is 5.73 Å². The summed E-state index contributed by atoms with van der Waals surface area (Å²) in [5.41, 5.74) is 6.33. The molecule has 0 radical (unpaired) electrons. The van der Waals surface area contributed by atoms with E-state index >= 15 is 0 Å². The van der Waals surface area contributed by atoms with E-state index in [0.717, 1.165) is 57.2 Å². The van der Waals surface area contributed by atoms with Crippen LogP contribution in [0.15, 0.2) is 18.2 Å². The molecule has 1 atom stereocenters. The van der Waals surface area contributed by atoms with Crippen molar-refractivity contribution in [1.82, 2.24) is 4.90 Å². The van der Waals surface area contributed by atoms with Crippen LogP contribution in [-0.4, -0.2) is 29.4 Å². The van der Waals surface area contributed by atoms with Crippen molar-refractivity contribution in [1.29, 1.82) is 0 Å². The lowest BCUT2D eigenvalue weighted by molar-refractivity contribution is -0.142. The van der Waals surface area contributed by atoms with Crippen LogP contribution in [0.5, 0.6) is 0 Å². The van der Waals surface area contributed by atoms with E-state index in [1.807, 2.05) is 4.90 Å². The van der Waals surface area contributed by atoms with Crippen LogP contribution in [0, 0.1) is 17.6 Å². The van der Waals surface area contributed by atoms with Gasteiger partial charge in [-0.2, -0.15) is 0 Å². The predicted molar refractivity (Wildman–Crippen MR) is 84.8 cm³/mol. The predicted octanol–water partition coefficient (Wildman–Crippen LogP) is 3.02. The van der Waals surface area contributed by atoms with Crippen LogP contribution in [0.3, 0.4) is 0 Å². The first-order valence-electron chi connectivity index (χ1n) is 8.50. The van der Waals surface area contributed by atoms with Crippen molar-refractivity contribution in [3.8, 4) is 0 Å². The number of benzene rings is 1. The van der Waals surface area contributed by atoms with Gasteiger partial charge in [-0.1, -0.05) is 6.07 Å². The van der Waals surface area contributed by atoms with Crippen molar-refractivity contribution < 1.29 is 13.6 Å². The average Bonchev–Trinajstić information content (AvgIpc) is 2.53. The molecule has 1 aromatic carbocycles. The Balaban J connectivity index is 1.54. The molecule has 0 aromatic heterocycles. The quantitative estimate of drug-likeness (QED) is 0.926. The first kappa shape index (κ1) is 16.4. The fourth-order valence-corrected chi connectivity index (χ4v) is 3.64. The zero-order valence-corrected chi connectivity index (χ0v) is 13.4. The van der Waals surface area contributed by atoms with E-state index in [4.69, 9.17) is 5.73 Å². The molecular weight excluding hydrogens is 298 g/mol. The fraction of sp³-hybridized carbons (Fsp3) is 0.611. The minimum Gasteiger partial charge on any atom is -0.341 e. The average molecular weight is 322 g/mol. The molecule has 126 valence electrons. The molecule has 0 unspecified atom stereocenters. The number of likely N-dealkylation sites (tertiary alicyclic amines) is 1. The van der Waals surface area contributed by atoms with Gasteiger partial charge in [-0.25, -0.2) is 8.78 Å². The van der Waals surface area contributed by atoms with E-state index in [1.165, 1.54) is 12.1 Å². The second-order valence-corrected chi connectivity index (χ2v) is 7.06. The smallest absolute Gasteiger partial charge is 0.242 e. The summed E-state index contributed by atoms with van der Waals surface area (Å²) < 4.78 is 26.2. The lowest BCUT2D eigenvalue weighted by Crippen LogP contribution is -2.60. The third kappa shape index (κ3) is 3.55. The van der Waals surface area contributed by atoms with Crippen molar-refractivity contribution >= 4 is 5.91 Å². The Bertz CT molecular complexity index is 586. The molecule has 1 saturated heterocycles. The Kier molecular flexibility index (Phi) is 4.67. The second-order valence-electron chi connectivity index (χ2n) is 7.06. The van der Waals surface area contributed by atoms with Crippen molar-refractivity contribution in [3.05, 3.63) is 35.4 Å². The van der Waals surface area contributed by atoms with Gasteiger partial charge >= 0.3 is 0 Å². The molecule has 2 aliphatic rings. The molecule has 3 nitrogen and oxygen atoms in total. The van der Waals surface area contributed by atoms with Gasteiger partial charge in [0.15, 0.2) is 11.6 Å². The lowest BCUT2D eigenvalue weighted by Gasteiger charge is -2.43. The standard InChI is InChI=1S/C18H24F2N2O/c19-15-7-6-13(11-16(15)20)4-5-14-3-1-10-22(12-14)17(23)18(21)8-2-9-18/h6-7,11,14H,1-5,8-10,12,21H2/t14-/m1/s1. The zero-order chi connectivity index (χ0) is 16.4. The number of carbonyl (C=O) groups excluding carboxylic acids is 1. The Morgan fingerprint density at radius 3 is 2.70 bits per heavy atom. The summed E-state index contributed by atoms with van der Waals surface area (Å²) in [4.78, 5) is 14.4. The molecule has 1 aromatic rings. The molecule has 1 saturated carbocycles. The molecule has 1 amide bonds. The fourth-order valence-electron chi connectivity index (χ4n) is 3.64. The van der Waals surface area contributed by atoms with Crippen LogP contribution in [0.25, 0.3) is 0 Å². The first-order valence-corrected chi connectivity index (χ1v) is 8.50. The minimum absolute atomic E-state index is 0.0984. The van der Waals surface area contributed by atoms with E-state index < -0.39 is 17.2 Å². The molecule has 3 rings (SSSR count). The number of amides is 1. The van der Waals surface area contributed by atoms with Gasteiger partial charge in [0.05, 0.1) is 5.54 Å². The van der Waals surface area contributed by atoms with Crippen molar-refractivity contribution in [2.24, 2.45) is 11.7 Å². The molecule has 23 heavy (non-hydrogen) atoms. The molecular formula is C18H24F2N2O. The van der Waals surface area contributed by atoms with E-state index in [1.54, 1.807) is 6.07 Å². The summed E-state index contributed by atoms with van der Waals surface area (Å²) in [7, 11) is 0. The van der Waals surface area contributed by atoms with Crippen LogP contribution in [-0.2, 0) is 11.2 Å². The number of hydrogen-bond donors (Lipinski definition) is 1. The highest BCUT2D eigenvalue weighted by Crippen LogP contribution is 2.33. The van der Waals surface area contributed by atoms with Crippen LogP contribution >= 0.6 is 0 Å². The molecule has 1 aliphatic carbocycles. The number of nitrogens with two attached hydrogens (primary N) is 1. The van der Waals surface area contributed by atoms with Crippen LogP contribution in [0.1, 0.15) is 44.1 Å². The summed E-state index contributed by atoms with van der Waals surface area (Å²) in [6.07, 6.45) is 6.28. The lowest BCUT2D eigenvalue weighted by atomic mass is 9.76. The Morgan fingerprint density at radius 1 is 1.26 bits per heavy atom. The number of hydrogen-bond acceptors (Lipinski definition) is 2. The summed E-state index contributed by atoms with van der Waals surface area (Å²) in [6.45, 7) is 1.53. The van der Waals surface area contributed by atoms with Crippen LogP contribution in [0.4, 0.5) is 8.78 Å². The van der Waals surface area contributed by atoms with Gasteiger partial charge in [0.25, 0.3) is 0 Å². The highest BCUT2D eigenvalue weighted by molar-refractivity contribution is 5.87. The van der Waals surface area contributed by atoms with Gasteiger partial charge in [0, 0.05) is 13.1 Å². The van der Waals surface area contributed by atoms with Gasteiger partial charge in [-0.15, -0.1) is 0 Å². The SMILES string of the molecule is NC1(C(=O)N2CCC[C@H](CCc3ccc(F)c(F)c3)C2)CCC1. The maximum atomic E-state index is 13.2. The van der Waals surface area contributed by atoms with Crippen molar-refractivity contribution in [2.45, 2.75) is 50.5 Å². The largest absolute Gasteiger partial charge is 0.341 e.